The summed E-state index contributed by atoms with van der Waals surface area (Å²) in [5, 5.41) is 16.7. The largest absolute Gasteiger partial charge is 0.338 e. The fourth-order valence-corrected chi connectivity index (χ4v) is 3.60. The highest BCUT2D eigenvalue weighted by atomic mass is 32.1. The zero-order valence-corrected chi connectivity index (χ0v) is 16.0. The number of pyridine rings is 1. The van der Waals surface area contributed by atoms with Gasteiger partial charge in [-0.3, -0.25) is 4.90 Å². The molecular formula is C15H20N8OS2. The lowest BCUT2D eigenvalue weighted by molar-refractivity contribution is 0.246. The number of fused-ring (bicyclic) bond motifs is 1. The number of carbonyl (C=O) groups is 1. The third kappa shape index (κ3) is 4.61. The number of aromatic nitrogens is 6. The van der Waals surface area contributed by atoms with Gasteiger partial charge in [-0.2, -0.15) is 5.21 Å². The molecule has 26 heavy (non-hydrogen) atoms. The third-order valence-corrected chi connectivity index (χ3v) is 5.00. The number of urea groups is 1. The predicted octanol–water partition coefficient (Wildman–Crippen LogP) is 2.82. The number of rotatable bonds is 8. The molecule has 3 heterocycles. The average Bonchev–Trinajstić information content (AvgIpc) is 3.26. The van der Waals surface area contributed by atoms with E-state index in [2.05, 4.69) is 35.9 Å². The van der Waals surface area contributed by atoms with Crippen LogP contribution in [0.2, 0.25) is 0 Å². The number of unbranched alkanes of at least 4 members (excludes halogenated alkanes) is 2. The van der Waals surface area contributed by atoms with E-state index in [1.165, 1.54) is 11.3 Å². The zero-order valence-electron chi connectivity index (χ0n) is 14.4. The van der Waals surface area contributed by atoms with Crippen molar-refractivity contribution in [2.75, 3.05) is 18.0 Å². The number of H-pyrrole nitrogens is 2. The number of aromatic amines is 2. The van der Waals surface area contributed by atoms with E-state index in [0.29, 0.717) is 22.9 Å². The first kappa shape index (κ1) is 18.4. The second kappa shape index (κ2) is 8.81. The molecule has 0 atom stereocenters. The van der Waals surface area contributed by atoms with Crippen molar-refractivity contribution < 1.29 is 4.79 Å². The van der Waals surface area contributed by atoms with Crippen molar-refractivity contribution in [1.29, 1.82) is 0 Å². The maximum atomic E-state index is 12.5. The van der Waals surface area contributed by atoms with Crippen molar-refractivity contribution >= 4 is 45.8 Å². The fraction of sp³-hybridized carbons (Fsp3) is 0.467. The molecule has 0 saturated carbocycles. The van der Waals surface area contributed by atoms with Gasteiger partial charge in [0.1, 0.15) is 10.6 Å². The molecule has 0 aliphatic rings. The van der Waals surface area contributed by atoms with E-state index in [1.54, 1.807) is 4.90 Å². The van der Waals surface area contributed by atoms with Crippen LogP contribution in [0.1, 0.15) is 32.0 Å². The summed E-state index contributed by atoms with van der Waals surface area (Å²) in [5.41, 5.74) is 0.891. The lowest BCUT2D eigenvalue weighted by atomic mass is 10.2. The summed E-state index contributed by atoms with van der Waals surface area (Å²) < 4.78 is 0.679. The van der Waals surface area contributed by atoms with E-state index in [9.17, 15) is 4.79 Å². The molecule has 3 rings (SSSR count). The van der Waals surface area contributed by atoms with E-state index in [4.69, 9.17) is 12.2 Å². The second-order valence-electron chi connectivity index (χ2n) is 5.65. The van der Waals surface area contributed by atoms with E-state index < -0.39 is 0 Å². The van der Waals surface area contributed by atoms with E-state index in [1.807, 2.05) is 19.1 Å². The summed E-state index contributed by atoms with van der Waals surface area (Å²) in [7, 11) is 0. The molecule has 9 nitrogen and oxygen atoms in total. The number of nitrogens with zero attached hydrogens (tertiary/aromatic N) is 5. The number of amides is 2. The normalized spacial score (nSPS) is 11.0. The number of aryl methyl sites for hydroxylation is 1. The minimum absolute atomic E-state index is 0.142. The van der Waals surface area contributed by atoms with E-state index >= 15 is 0 Å². The quantitative estimate of drug-likeness (QED) is 0.401. The van der Waals surface area contributed by atoms with Crippen LogP contribution in [-0.4, -0.2) is 49.7 Å². The molecule has 3 aromatic heterocycles. The molecule has 11 heteroatoms. The summed E-state index contributed by atoms with van der Waals surface area (Å²) in [6, 6.07) is 3.59. The third-order valence-electron chi connectivity index (χ3n) is 3.85. The predicted molar refractivity (Wildman–Crippen MR) is 103 cm³/mol. The summed E-state index contributed by atoms with van der Waals surface area (Å²) >= 11 is 6.54. The van der Waals surface area contributed by atoms with Crippen molar-refractivity contribution in [1.82, 2.24) is 35.9 Å². The topological polar surface area (TPSA) is 115 Å². The molecular weight excluding hydrogens is 372 g/mol. The lowest BCUT2D eigenvalue weighted by Crippen LogP contribution is -2.40. The molecule has 3 aromatic rings. The summed E-state index contributed by atoms with van der Waals surface area (Å²) in [5.74, 6) is 1.35. The number of hydrogen-bond donors (Lipinski definition) is 3. The molecule has 3 N–H and O–H groups in total. The van der Waals surface area contributed by atoms with E-state index in [-0.39, 0.29) is 6.03 Å². The summed E-state index contributed by atoms with van der Waals surface area (Å²) in [6.07, 6.45) is 3.63. The Bertz CT molecular complexity index is 904. The lowest BCUT2D eigenvalue weighted by Gasteiger charge is -2.20. The van der Waals surface area contributed by atoms with Crippen molar-refractivity contribution in [3.8, 4) is 0 Å². The van der Waals surface area contributed by atoms with Gasteiger partial charge in [-0.05, 0) is 44.1 Å². The fourth-order valence-electron chi connectivity index (χ4n) is 2.55. The van der Waals surface area contributed by atoms with Crippen molar-refractivity contribution in [2.45, 2.75) is 32.6 Å². The molecule has 0 radical (unpaired) electrons. The second-order valence-corrected chi connectivity index (χ2v) is 7.32. The van der Waals surface area contributed by atoms with Gasteiger partial charge in [0.2, 0.25) is 0 Å². The van der Waals surface area contributed by atoms with Crippen molar-refractivity contribution in [2.24, 2.45) is 0 Å². The maximum absolute atomic E-state index is 12.5. The number of tetrazole rings is 1. The first-order valence-electron chi connectivity index (χ1n) is 8.45. The number of nitrogens with one attached hydrogen (secondary N) is 3. The molecule has 0 aliphatic heterocycles. The monoisotopic (exact) mass is 392 g/mol. The van der Waals surface area contributed by atoms with Crippen LogP contribution in [-0.2, 0) is 6.42 Å². The van der Waals surface area contributed by atoms with Gasteiger partial charge < -0.3 is 10.3 Å². The Kier molecular flexibility index (Phi) is 6.23. The molecule has 0 unspecified atom stereocenters. The molecule has 0 aliphatic carbocycles. The first-order valence-corrected chi connectivity index (χ1v) is 9.67. The Labute approximate surface area is 159 Å². The number of carbonyl (C=O) groups excluding carboxylic acids is 1. The van der Waals surface area contributed by atoms with Crippen LogP contribution in [0.3, 0.4) is 0 Å². The Hall–Kier alpha value is -2.40. The summed E-state index contributed by atoms with van der Waals surface area (Å²) in [6.45, 7) is 3.08. The minimum atomic E-state index is -0.142. The van der Waals surface area contributed by atoms with Crippen LogP contribution < -0.4 is 10.2 Å². The van der Waals surface area contributed by atoms with Crippen LogP contribution in [0.25, 0.3) is 10.3 Å². The van der Waals surface area contributed by atoms with E-state index in [0.717, 1.165) is 41.9 Å². The Morgan fingerprint density at radius 3 is 3.00 bits per heavy atom. The highest BCUT2D eigenvalue weighted by Gasteiger charge is 2.15. The highest BCUT2D eigenvalue weighted by molar-refractivity contribution is 7.73. The van der Waals surface area contributed by atoms with Gasteiger partial charge >= 0.3 is 6.03 Å². The SMILES string of the molecule is CCN(C(=O)NCCCCCc1nn[nH]n1)c1ccc2[nH]c(=S)sc2n1. The number of anilines is 1. The van der Waals surface area contributed by atoms with Gasteiger partial charge in [-0.25, -0.2) is 9.78 Å². The average molecular weight is 393 g/mol. The maximum Gasteiger partial charge on any atom is 0.323 e. The Morgan fingerprint density at radius 2 is 2.23 bits per heavy atom. The van der Waals surface area contributed by atoms with Gasteiger partial charge in [-0.1, -0.05) is 23.0 Å². The Balaban J connectivity index is 1.47. The van der Waals surface area contributed by atoms with Crippen molar-refractivity contribution in [3.63, 3.8) is 0 Å². The molecule has 0 saturated heterocycles. The van der Waals surface area contributed by atoms with Crippen molar-refractivity contribution in [3.05, 3.63) is 21.9 Å². The molecule has 0 aromatic carbocycles. The number of hydrogen-bond acceptors (Lipinski definition) is 7. The molecule has 0 fully saturated rings. The number of thiazole rings is 1. The standard InChI is InChI=1S/C15H20N8OS2/c1-2-23(12-8-7-10-13(18-12)26-15(25)17-10)14(24)16-9-5-3-4-6-11-19-21-22-20-11/h7-8H,2-6,9H2,1H3,(H,16,24)(H,17,25)(H,19,20,21,22). The van der Waals surface area contributed by atoms with Crippen LogP contribution in [0.4, 0.5) is 10.6 Å². The van der Waals surface area contributed by atoms with Crippen LogP contribution in [0, 0.1) is 3.95 Å². The summed E-state index contributed by atoms with van der Waals surface area (Å²) in [4.78, 5) is 22.5. The smallest absolute Gasteiger partial charge is 0.323 e. The van der Waals surface area contributed by atoms with Gasteiger partial charge in [0.25, 0.3) is 0 Å². The zero-order chi connectivity index (χ0) is 18.4. The van der Waals surface area contributed by atoms with Gasteiger partial charge in [0.15, 0.2) is 9.78 Å². The van der Waals surface area contributed by atoms with Crippen LogP contribution in [0.15, 0.2) is 12.1 Å². The first-order chi connectivity index (χ1) is 12.7. The van der Waals surface area contributed by atoms with Crippen LogP contribution >= 0.6 is 23.6 Å². The highest BCUT2D eigenvalue weighted by Crippen LogP contribution is 2.21. The van der Waals surface area contributed by atoms with Gasteiger partial charge in [0, 0.05) is 19.5 Å². The molecule has 2 amide bonds. The molecule has 138 valence electrons. The van der Waals surface area contributed by atoms with Crippen LogP contribution in [0.5, 0.6) is 0 Å². The molecule has 0 spiro atoms. The Morgan fingerprint density at radius 1 is 1.35 bits per heavy atom. The van der Waals surface area contributed by atoms with Gasteiger partial charge in [0.05, 0.1) is 5.52 Å². The van der Waals surface area contributed by atoms with Gasteiger partial charge in [-0.15, -0.1) is 10.2 Å². The molecule has 0 bridgehead atoms. The minimum Gasteiger partial charge on any atom is -0.338 e.